The van der Waals surface area contributed by atoms with Gasteiger partial charge in [-0.2, -0.15) is 0 Å². The van der Waals surface area contributed by atoms with Crippen molar-refractivity contribution in [1.29, 1.82) is 0 Å². The van der Waals surface area contributed by atoms with Crippen LogP contribution >= 0.6 is 0 Å². The molecule has 0 atom stereocenters. The van der Waals surface area contributed by atoms with Crippen LogP contribution in [0.15, 0.2) is 40.8 Å². The summed E-state index contributed by atoms with van der Waals surface area (Å²) in [6, 6.07) is 10.1. The van der Waals surface area contributed by atoms with Crippen LogP contribution in [-0.2, 0) is 6.54 Å². The number of furan rings is 1. The van der Waals surface area contributed by atoms with E-state index in [1.807, 2.05) is 6.07 Å². The molecular formula is C15H16N2O4. The third kappa shape index (κ3) is 3.62. The number of aromatic carboxylic acids is 1. The Labute approximate surface area is 122 Å². The van der Waals surface area contributed by atoms with Crippen LogP contribution in [0.1, 0.15) is 26.7 Å². The number of nitrogens with zero attached hydrogens (tertiary/aromatic N) is 1. The molecule has 2 rings (SSSR count). The first-order valence-electron chi connectivity index (χ1n) is 6.35. The van der Waals surface area contributed by atoms with Crippen molar-refractivity contribution >= 4 is 17.6 Å². The standard InChI is InChI=1S/C15H16N2O4/c1-17(2)14(18)10-4-3-5-11(8-10)16-9-12-6-7-13(21-12)15(19)20/h3-8,16H,9H2,1-2H3,(H,19,20). The lowest BCUT2D eigenvalue weighted by Gasteiger charge is -2.11. The van der Waals surface area contributed by atoms with E-state index in [0.717, 1.165) is 5.69 Å². The zero-order valence-corrected chi connectivity index (χ0v) is 11.8. The van der Waals surface area contributed by atoms with E-state index < -0.39 is 5.97 Å². The fourth-order valence-corrected chi connectivity index (χ4v) is 1.80. The van der Waals surface area contributed by atoms with Crippen molar-refractivity contribution in [1.82, 2.24) is 4.90 Å². The Kier molecular flexibility index (Phi) is 4.27. The van der Waals surface area contributed by atoms with Crippen molar-refractivity contribution in [3.05, 3.63) is 53.5 Å². The van der Waals surface area contributed by atoms with E-state index in [-0.39, 0.29) is 11.7 Å². The monoisotopic (exact) mass is 288 g/mol. The molecule has 0 saturated heterocycles. The Morgan fingerprint density at radius 2 is 2.00 bits per heavy atom. The molecular weight excluding hydrogens is 272 g/mol. The van der Waals surface area contributed by atoms with Gasteiger partial charge in [0.05, 0.1) is 6.54 Å². The number of hydrogen-bond acceptors (Lipinski definition) is 4. The molecule has 0 radical (unpaired) electrons. The molecule has 0 bridgehead atoms. The largest absolute Gasteiger partial charge is 0.475 e. The normalized spacial score (nSPS) is 10.2. The lowest BCUT2D eigenvalue weighted by molar-refractivity contribution is 0.0660. The van der Waals surface area contributed by atoms with Gasteiger partial charge in [-0.25, -0.2) is 4.79 Å². The number of nitrogens with one attached hydrogen (secondary N) is 1. The summed E-state index contributed by atoms with van der Waals surface area (Å²) in [5.41, 5.74) is 1.34. The van der Waals surface area contributed by atoms with Crippen LogP contribution in [0.3, 0.4) is 0 Å². The van der Waals surface area contributed by atoms with Gasteiger partial charge in [-0.15, -0.1) is 0 Å². The molecule has 6 heteroatoms. The van der Waals surface area contributed by atoms with Gasteiger partial charge in [-0.1, -0.05) is 6.07 Å². The zero-order chi connectivity index (χ0) is 15.4. The number of carbonyl (C=O) groups is 2. The van der Waals surface area contributed by atoms with E-state index >= 15 is 0 Å². The van der Waals surface area contributed by atoms with Crippen LogP contribution in [0.5, 0.6) is 0 Å². The minimum atomic E-state index is -1.10. The van der Waals surface area contributed by atoms with Crippen LogP contribution < -0.4 is 5.32 Å². The number of amides is 1. The topological polar surface area (TPSA) is 82.8 Å². The Morgan fingerprint density at radius 1 is 1.24 bits per heavy atom. The number of anilines is 1. The second kappa shape index (κ2) is 6.13. The van der Waals surface area contributed by atoms with Crippen LogP contribution in [0.25, 0.3) is 0 Å². The summed E-state index contributed by atoms with van der Waals surface area (Å²) in [6.07, 6.45) is 0. The zero-order valence-electron chi connectivity index (χ0n) is 11.8. The summed E-state index contributed by atoms with van der Waals surface area (Å²) < 4.78 is 5.15. The smallest absolute Gasteiger partial charge is 0.371 e. The van der Waals surface area contributed by atoms with Crippen LogP contribution in [0.4, 0.5) is 5.69 Å². The van der Waals surface area contributed by atoms with Gasteiger partial charge in [0, 0.05) is 25.3 Å². The number of carboxylic acids is 1. The van der Waals surface area contributed by atoms with Gasteiger partial charge in [0.25, 0.3) is 5.91 Å². The first-order valence-corrected chi connectivity index (χ1v) is 6.35. The predicted molar refractivity (Wildman–Crippen MR) is 77.5 cm³/mol. The number of hydrogen-bond donors (Lipinski definition) is 2. The molecule has 0 unspecified atom stereocenters. The molecule has 110 valence electrons. The molecule has 0 aliphatic heterocycles. The van der Waals surface area contributed by atoms with Crippen LogP contribution in [0.2, 0.25) is 0 Å². The predicted octanol–water partition coefficient (Wildman–Crippen LogP) is 2.29. The maximum absolute atomic E-state index is 11.9. The van der Waals surface area contributed by atoms with Crippen molar-refractivity contribution < 1.29 is 19.1 Å². The lowest BCUT2D eigenvalue weighted by atomic mass is 10.2. The van der Waals surface area contributed by atoms with E-state index in [2.05, 4.69) is 5.32 Å². The number of carbonyl (C=O) groups excluding carboxylic acids is 1. The summed E-state index contributed by atoms with van der Waals surface area (Å²) in [5.74, 6) is -0.760. The lowest BCUT2D eigenvalue weighted by Crippen LogP contribution is -2.21. The average Bonchev–Trinajstić information content (AvgIpc) is 2.93. The Hall–Kier alpha value is -2.76. The fraction of sp³-hybridized carbons (Fsp3) is 0.200. The molecule has 2 N–H and O–H groups in total. The van der Waals surface area contributed by atoms with Crippen molar-refractivity contribution in [2.24, 2.45) is 0 Å². The van der Waals surface area contributed by atoms with Crippen molar-refractivity contribution in [2.75, 3.05) is 19.4 Å². The summed E-state index contributed by atoms with van der Waals surface area (Å²) >= 11 is 0. The molecule has 21 heavy (non-hydrogen) atoms. The van der Waals surface area contributed by atoms with E-state index in [0.29, 0.717) is 17.9 Å². The van der Waals surface area contributed by atoms with Crippen LogP contribution in [-0.4, -0.2) is 36.0 Å². The summed E-state index contributed by atoms with van der Waals surface area (Å²) in [5, 5.41) is 11.9. The second-order valence-corrected chi connectivity index (χ2v) is 4.71. The van der Waals surface area contributed by atoms with Crippen LogP contribution in [0, 0.1) is 0 Å². The van der Waals surface area contributed by atoms with E-state index in [1.165, 1.54) is 11.0 Å². The molecule has 1 heterocycles. The Bertz CT molecular complexity index is 661. The van der Waals surface area contributed by atoms with Crippen molar-refractivity contribution in [3.63, 3.8) is 0 Å². The molecule has 2 aromatic rings. The molecule has 0 aliphatic rings. The Morgan fingerprint density at radius 3 is 2.62 bits per heavy atom. The summed E-state index contributed by atoms with van der Waals surface area (Å²) in [4.78, 5) is 24.1. The van der Waals surface area contributed by atoms with E-state index in [9.17, 15) is 9.59 Å². The highest BCUT2D eigenvalue weighted by atomic mass is 16.4. The highest BCUT2D eigenvalue weighted by molar-refractivity contribution is 5.94. The number of benzene rings is 1. The molecule has 6 nitrogen and oxygen atoms in total. The minimum absolute atomic E-state index is 0.0789. The van der Waals surface area contributed by atoms with E-state index in [1.54, 1.807) is 38.4 Å². The first-order chi connectivity index (χ1) is 9.97. The molecule has 0 aliphatic carbocycles. The highest BCUT2D eigenvalue weighted by Crippen LogP contribution is 2.14. The quantitative estimate of drug-likeness (QED) is 0.882. The van der Waals surface area contributed by atoms with Gasteiger partial charge in [-0.05, 0) is 30.3 Å². The number of rotatable bonds is 5. The van der Waals surface area contributed by atoms with Gasteiger partial charge in [-0.3, -0.25) is 4.79 Å². The van der Waals surface area contributed by atoms with Gasteiger partial charge in [0.1, 0.15) is 5.76 Å². The van der Waals surface area contributed by atoms with Gasteiger partial charge < -0.3 is 19.7 Å². The number of carboxylic acid groups (broad SMARTS) is 1. The molecule has 1 aromatic carbocycles. The molecule has 0 saturated carbocycles. The second-order valence-electron chi connectivity index (χ2n) is 4.71. The first kappa shape index (κ1) is 14.6. The van der Waals surface area contributed by atoms with E-state index in [4.69, 9.17) is 9.52 Å². The summed E-state index contributed by atoms with van der Waals surface area (Å²) in [7, 11) is 3.39. The maximum atomic E-state index is 11.9. The van der Waals surface area contributed by atoms with Gasteiger partial charge in [0.15, 0.2) is 0 Å². The fourth-order valence-electron chi connectivity index (χ4n) is 1.80. The molecule has 1 amide bonds. The maximum Gasteiger partial charge on any atom is 0.371 e. The molecule has 0 fully saturated rings. The minimum Gasteiger partial charge on any atom is -0.475 e. The highest BCUT2D eigenvalue weighted by Gasteiger charge is 2.10. The van der Waals surface area contributed by atoms with Gasteiger partial charge in [0.2, 0.25) is 5.76 Å². The van der Waals surface area contributed by atoms with Crippen molar-refractivity contribution in [2.45, 2.75) is 6.54 Å². The average molecular weight is 288 g/mol. The third-order valence-corrected chi connectivity index (χ3v) is 2.85. The van der Waals surface area contributed by atoms with Gasteiger partial charge >= 0.3 is 5.97 Å². The molecule has 1 aromatic heterocycles. The third-order valence-electron chi connectivity index (χ3n) is 2.85. The Balaban J connectivity index is 2.04. The SMILES string of the molecule is CN(C)C(=O)c1cccc(NCc2ccc(C(=O)O)o2)c1. The summed E-state index contributed by atoms with van der Waals surface area (Å²) in [6.45, 7) is 0.340. The van der Waals surface area contributed by atoms with Crippen molar-refractivity contribution in [3.8, 4) is 0 Å². The molecule has 0 spiro atoms.